The Morgan fingerprint density at radius 3 is 2.77 bits per heavy atom. The standard InChI is InChI=1S/C23H27ClFN9O/c1-14-11-19(32-31-14)28-18-12-20(33-9-6-26-7-10-33)30-23(29-18)27-15-5-8-34(13-15)22(35)16-3-2-4-17(24)21(16)25/h2-4,11-12,15,26H,5-10,13H2,1H3,(H3,27,28,29,30,31,32). The Balaban J connectivity index is 1.32. The van der Waals surface area contributed by atoms with Gasteiger partial charge in [0.2, 0.25) is 5.95 Å². The van der Waals surface area contributed by atoms with Gasteiger partial charge in [-0.05, 0) is 25.5 Å². The highest BCUT2D eigenvalue weighted by molar-refractivity contribution is 6.31. The van der Waals surface area contributed by atoms with Crippen LogP contribution in [0.1, 0.15) is 22.5 Å². The number of piperazine rings is 1. The van der Waals surface area contributed by atoms with Crippen molar-refractivity contribution in [1.29, 1.82) is 0 Å². The Hall–Kier alpha value is -3.44. The zero-order chi connectivity index (χ0) is 24.4. The van der Waals surface area contributed by atoms with Crippen molar-refractivity contribution in [3.05, 3.63) is 52.4 Å². The summed E-state index contributed by atoms with van der Waals surface area (Å²) in [5, 5.41) is 17.0. The second-order valence-electron chi connectivity index (χ2n) is 8.72. The minimum atomic E-state index is -0.688. The Kier molecular flexibility index (Phi) is 6.69. The zero-order valence-electron chi connectivity index (χ0n) is 19.3. The van der Waals surface area contributed by atoms with Gasteiger partial charge in [-0.1, -0.05) is 17.7 Å². The maximum atomic E-state index is 14.4. The Morgan fingerprint density at radius 2 is 2.00 bits per heavy atom. The van der Waals surface area contributed by atoms with Crippen molar-refractivity contribution in [2.75, 3.05) is 54.8 Å². The van der Waals surface area contributed by atoms with Gasteiger partial charge in [0.15, 0.2) is 11.6 Å². The van der Waals surface area contributed by atoms with E-state index in [0.717, 1.165) is 37.7 Å². The Bertz CT molecular complexity index is 1210. The number of halogens is 2. The van der Waals surface area contributed by atoms with Gasteiger partial charge in [-0.3, -0.25) is 9.89 Å². The molecule has 5 rings (SSSR count). The van der Waals surface area contributed by atoms with Crippen molar-refractivity contribution < 1.29 is 9.18 Å². The number of nitrogens with zero attached hydrogens (tertiary/aromatic N) is 5. The first-order valence-electron chi connectivity index (χ1n) is 11.6. The van der Waals surface area contributed by atoms with Crippen molar-refractivity contribution in [1.82, 2.24) is 30.4 Å². The quantitative estimate of drug-likeness (QED) is 0.409. The average Bonchev–Trinajstić information content (AvgIpc) is 3.49. The first kappa shape index (κ1) is 23.3. The van der Waals surface area contributed by atoms with Crippen molar-refractivity contribution in [3.63, 3.8) is 0 Å². The van der Waals surface area contributed by atoms with Gasteiger partial charge in [-0.25, -0.2) is 4.39 Å². The molecular formula is C23H27ClFN9O. The average molecular weight is 500 g/mol. The van der Waals surface area contributed by atoms with Gasteiger partial charge >= 0.3 is 0 Å². The molecule has 1 amide bonds. The number of likely N-dealkylation sites (tertiary alicyclic amines) is 1. The van der Waals surface area contributed by atoms with Gasteiger partial charge in [-0.15, -0.1) is 0 Å². The predicted molar refractivity (Wildman–Crippen MR) is 133 cm³/mol. The molecule has 4 N–H and O–H groups in total. The van der Waals surface area contributed by atoms with Gasteiger partial charge in [0.05, 0.1) is 10.6 Å². The lowest BCUT2D eigenvalue weighted by Gasteiger charge is -2.29. The van der Waals surface area contributed by atoms with Crippen LogP contribution < -0.4 is 20.9 Å². The largest absolute Gasteiger partial charge is 0.354 e. The maximum Gasteiger partial charge on any atom is 0.256 e. The van der Waals surface area contributed by atoms with Gasteiger partial charge in [0, 0.05) is 63.1 Å². The lowest BCUT2D eigenvalue weighted by molar-refractivity contribution is 0.0787. The van der Waals surface area contributed by atoms with Crippen LogP contribution in [-0.2, 0) is 0 Å². The van der Waals surface area contributed by atoms with E-state index in [1.807, 2.05) is 19.1 Å². The minimum Gasteiger partial charge on any atom is -0.354 e. The summed E-state index contributed by atoms with van der Waals surface area (Å²) >= 11 is 5.86. The Labute approximate surface area is 207 Å². The summed E-state index contributed by atoms with van der Waals surface area (Å²) in [4.78, 5) is 26.1. The van der Waals surface area contributed by atoms with Crippen LogP contribution in [0.25, 0.3) is 0 Å². The molecule has 35 heavy (non-hydrogen) atoms. The van der Waals surface area contributed by atoms with Crippen LogP contribution in [0.15, 0.2) is 30.3 Å². The number of anilines is 4. The van der Waals surface area contributed by atoms with Gasteiger partial charge in [0.25, 0.3) is 5.91 Å². The van der Waals surface area contributed by atoms with E-state index in [-0.39, 0.29) is 22.5 Å². The van der Waals surface area contributed by atoms with E-state index in [4.69, 9.17) is 16.6 Å². The predicted octanol–water partition coefficient (Wildman–Crippen LogP) is 2.78. The van der Waals surface area contributed by atoms with Crippen molar-refractivity contribution >= 4 is 40.9 Å². The molecule has 2 fully saturated rings. The van der Waals surface area contributed by atoms with Crippen LogP contribution >= 0.6 is 11.6 Å². The first-order chi connectivity index (χ1) is 17.0. The molecule has 12 heteroatoms. The fraction of sp³-hybridized carbons (Fsp3) is 0.391. The highest BCUT2D eigenvalue weighted by atomic mass is 35.5. The summed E-state index contributed by atoms with van der Waals surface area (Å²) in [6.45, 7) is 6.29. The van der Waals surface area contributed by atoms with E-state index in [2.05, 4.69) is 36.0 Å². The summed E-state index contributed by atoms with van der Waals surface area (Å²) in [5.74, 6) is 1.50. The van der Waals surface area contributed by atoms with E-state index < -0.39 is 5.82 Å². The van der Waals surface area contributed by atoms with Crippen molar-refractivity contribution in [2.45, 2.75) is 19.4 Å². The molecule has 2 aromatic heterocycles. The molecule has 10 nitrogen and oxygen atoms in total. The summed E-state index contributed by atoms with van der Waals surface area (Å²) < 4.78 is 14.4. The Morgan fingerprint density at radius 1 is 1.17 bits per heavy atom. The summed E-state index contributed by atoms with van der Waals surface area (Å²) in [7, 11) is 0. The number of amides is 1. The number of rotatable bonds is 6. The van der Waals surface area contributed by atoms with E-state index in [9.17, 15) is 9.18 Å². The van der Waals surface area contributed by atoms with Gasteiger partial charge < -0.3 is 25.8 Å². The van der Waals surface area contributed by atoms with Gasteiger partial charge in [0.1, 0.15) is 11.6 Å². The molecule has 3 aromatic rings. The first-order valence-corrected chi connectivity index (χ1v) is 12.0. The molecule has 184 valence electrons. The van der Waals surface area contributed by atoms with E-state index in [0.29, 0.717) is 37.1 Å². The number of carbonyl (C=O) groups excluding carboxylic acids is 1. The van der Waals surface area contributed by atoms with Crippen LogP contribution in [0.4, 0.5) is 27.8 Å². The molecule has 0 aliphatic carbocycles. The summed E-state index contributed by atoms with van der Waals surface area (Å²) in [6.07, 6.45) is 0.691. The van der Waals surface area contributed by atoms with Gasteiger partial charge in [-0.2, -0.15) is 15.1 Å². The number of benzene rings is 1. The maximum absolute atomic E-state index is 14.4. The number of nitrogens with one attached hydrogen (secondary N) is 4. The third-order valence-corrected chi connectivity index (χ3v) is 6.40. The van der Waals surface area contributed by atoms with E-state index in [1.165, 1.54) is 12.1 Å². The van der Waals surface area contributed by atoms with Crippen molar-refractivity contribution in [3.8, 4) is 0 Å². The molecule has 0 spiro atoms. The molecule has 1 aromatic carbocycles. The molecular weight excluding hydrogens is 473 g/mol. The minimum absolute atomic E-state index is 0.0177. The number of hydrogen-bond acceptors (Lipinski definition) is 8. The molecule has 1 unspecified atom stereocenters. The molecule has 1 atom stereocenters. The topological polar surface area (TPSA) is 114 Å². The van der Waals surface area contributed by atoms with Crippen LogP contribution in [-0.4, -0.2) is 76.3 Å². The SMILES string of the molecule is Cc1cc(Nc2cc(N3CCNCC3)nc(NC3CCN(C(=O)c4cccc(Cl)c4F)C3)n2)n[nH]1. The molecule has 2 aliphatic rings. The molecule has 0 bridgehead atoms. The van der Waals surface area contributed by atoms with E-state index >= 15 is 0 Å². The monoisotopic (exact) mass is 499 g/mol. The highest BCUT2D eigenvalue weighted by Crippen LogP contribution is 2.25. The van der Waals surface area contributed by atoms with Crippen LogP contribution in [0.2, 0.25) is 5.02 Å². The molecule has 0 radical (unpaired) electrons. The lowest BCUT2D eigenvalue weighted by atomic mass is 10.2. The fourth-order valence-corrected chi connectivity index (χ4v) is 4.49. The number of aromatic amines is 1. The number of hydrogen-bond donors (Lipinski definition) is 4. The van der Waals surface area contributed by atoms with E-state index in [1.54, 1.807) is 11.0 Å². The highest BCUT2D eigenvalue weighted by Gasteiger charge is 2.29. The van der Waals surface area contributed by atoms with Crippen LogP contribution in [0, 0.1) is 12.7 Å². The number of H-pyrrole nitrogens is 1. The smallest absolute Gasteiger partial charge is 0.256 e. The normalized spacial score (nSPS) is 18.1. The summed E-state index contributed by atoms with van der Waals surface area (Å²) in [5.41, 5.74) is 0.921. The second-order valence-corrected chi connectivity index (χ2v) is 9.12. The molecule has 0 saturated carbocycles. The number of carbonyl (C=O) groups is 1. The molecule has 2 saturated heterocycles. The fourth-order valence-electron chi connectivity index (χ4n) is 4.32. The van der Waals surface area contributed by atoms with Crippen LogP contribution in [0.3, 0.4) is 0 Å². The van der Waals surface area contributed by atoms with Crippen molar-refractivity contribution in [2.24, 2.45) is 0 Å². The molecule has 4 heterocycles. The second kappa shape index (κ2) is 10.0. The third kappa shape index (κ3) is 5.30. The molecule has 2 aliphatic heterocycles. The summed E-state index contributed by atoms with van der Waals surface area (Å²) in [6, 6.07) is 8.21. The lowest BCUT2D eigenvalue weighted by Crippen LogP contribution is -2.44. The number of aromatic nitrogens is 4. The number of aryl methyl sites for hydroxylation is 1. The van der Waals surface area contributed by atoms with Crippen LogP contribution in [0.5, 0.6) is 0 Å². The third-order valence-electron chi connectivity index (χ3n) is 6.11. The zero-order valence-corrected chi connectivity index (χ0v) is 20.1.